The largest absolute Gasteiger partial charge is 0.311 e. The molecule has 0 atom stereocenters. The monoisotopic (exact) mass is 249 g/mol. The number of unbranched alkanes of at least 4 members (excludes halogenated alkanes) is 6. The summed E-state index contributed by atoms with van der Waals surface area (Å²) >= 11 is 0. The average molecular weight is 249 g/mol. The molecule has 0 saturated carbocycles. The van der Waals surface area contributed by atoms with E-state index in [0.29, 0.717) is 0 Å². The topological polar surface area (TPSA) is 37.8 Å². The second-order valence-electron chi connectivity index (χ2n) is 4.95. The standard InChI is InChI=1S/C15H27N3/c1-3-4-5-6-7-8-9-10-16-12-15-13-17-14(2)11-18-15/h11,13,16H,3-10,12H2,1-2H3. The molecule has 1 aromatic rings. The molecule has 1 N–H and O–H groups in total. The van der Waals surface area contributed by atoms with Gasteiger partial charge in [-0.2, -0.15) is 0 Å². The molecular weight excluding hydrogens is 222 g/mol. The molecule has 0 aliphatic heterocycles. The van der Waals surface area contributed by atoms with Crippen LogP contribution in [0, 0.1) is 6.92 Å². The Morgan fingerprint density at radius 2 is 1.67 bits per heavy atom. The molecular formula is C15H27N3. The van der Waals surface area contributed by atoms with E-state index in [9.17, 15) is 0 Å². The van der Waals surface area contributed by atoms with Gasteiger partial charge in [-0.1, -0.05) is 45.4 Å². The van der Waals surface area contributed by atoms with Gasteiger partial charge in [0, 0.05) is 18.9 Å². The minimum Gasteiger partial charge on any atom is -0.311 e. The van der Waals surface area contributed by atoms with Gasteiger partial charge in [-0.25, -0.2) is 0 Å². The van der Waals surface area contributed by atoms with Crippen LogP contribution in [0.15, 0.2) is 12.4 Å². The van der Waals surface area contributed by atoms with E-state index in [1.54, 1.807) is 0 Å². The molecule has 0 amide bonds. The van der Waals surface area contributed by atoms with Gasteiger partial charge in [-0.15, -0.1) is 0 Å². The third kappa shape index (κ3) is 7.38. The number of rotatable bonds is 10. The van der Waals surface area contributed by atoms with Crippen LogP contribution in [0.1, 0.15) is 63.3 Å². The number of aryl methyl sites for hydroxylation is 1. The van der Waals surface area contributed by atoms with Gasteiger partial charge >= 0.3 is 0 Å². The summed E-state index contributed by atoms with van der Waals surface area (Å²) in [4.78, 5) is 8.55. The highest BCUT2D eigenvalue weighted by molar-refractivity contribution is 4.99. The van der Waals surface area contributed by atoms with Crippen LogP contribution in [0.2, 0.25) is 0 Å². The second-order valence-corrected chi connectivity index (χ2v) is 4.95. The quantitative estimate of drug-likeness (QED) is 0.643. The van der Waals surface area contributed by atoms with Gasteiger partial charge in [0.15, 0.2) is 0 Å². The molecule has 1 heterocycles. The lowest BCUT2D eigenvalue weighted by Gasteiger charge is -2.04. The molecule has 0 radical (unpaired) electrons. The average Bonchev–Trinajstić information content (AvgIpc) is 2.39. The van der Waals surface area contributed by atoms with E-state index in [1.165, 1.54) is 44.9 Å². The molecule has 0 unspecified atom stereocenters. The third-order valence-corrected chi connectivity index (χ3v) is 3.10. The lowest BCUT2D eigenvalue weighted by atomic mass is 10.1. The van der Waals surface area contributed by atoms with Crippen molar-refractivity contribution in [3.05, 3.63) is 23.8 Å². The Morgan fingerprint density at radius 3 is 2.33 bits per heavy atom. The Balaban J connectivity index is 1.91. The van der Waals surface area contributed by atoms with Gasteiger partial charge in [-0.05, 0) is 19.9 Å². The zero-order valence-corrected chi connectivity index (χ0v) is 11.9. The van der Waals surface area contributed by atoms with Gasteiger partial charge in [-0.3, -0.25) is 9.97 Å². The molecule has 1 aromatic heterocycles. The maximum atomic E-state index is 4.32. The van der Waals surface area contributed by atoms with Crippen molar-refractivity contribution >= 4 is 0 Å². The molecule has 0 aliphatic carbocycles. The first-order valence-electron chi connectivity index (χ1n) is 7.31. The lowest BCUT2D eigenvalue weighted by molar-refractivity contribution is 0.560. The van der Waals surface area contributed by atoms with Crippen molar-refractivity contribution < 1.29 is 0 Å². The maximum absolute atomic E-state index is 4.32. The van der Waals surface area contributed by atoms with Crippen LogP contribution >= 0.6 is 0 Å². The number of hydrogen-bond donors (Lipinski definition) is 1. The van der Waals surface area contributed by atoms with Gasteiger partial charge in [0.25, 0.3) is 0 Å². The van der Waals surface area contributed by atoms with Crippen molar-refractivity contribution in [2.24, 2.45) is 0 Å². The summed E-state index contributed by atoms with van der Waals surface area (Å²) in [5.74, 6) is 0. The van der Waals surface area contributed by atoms with Gasteiger partial charge < -0.3 is 5.32 Å². The summed E-state index contributed by atoms with van der Waals surface area (Å²) in [6.45, 7) is 6.15. The van der Waals surface area contributed by atoms with Gasteiger partial charge in [0.1, 0.15) is 0 Å². The first kappa shape index (κ1) is 15.1. The Kier molecular flexibility index (Phi) is 8.40. The van der Waals surface area contributed by atoms with Crippen molar-refractivity contribution in [2.75, 3.05) is 6.54 Å². The van der Waals surface area contributed by atoms with Crippen LogP contribution in [0.4, 0.5) is 0 Å². The first-order chi connectivity index (χ1) is 8.83. The van der Waals surface area contributed by atoms with Crippen molar-refractivity contribution in [3.63, 3.8) is 0 Å². The summed E-state index contributed by atoms with van der Waals surface area (Å²) in [6.07, 6.45) is 13.2. The molecule has 0 spiro atoms. The normalized spacial score (nSPS) is 10.8. The summed E-state index contributed by atoms with van der Waals surface area (Å²) in [5.41, 5.74) is 2.01. The van der Waals surface area contributed by atoms with Crippen LogP contribution in [0.3, 0.4) is 0 Å². The third-order valence-electron chi connectivity index (χ3n) is 3.10. The fraction of sp³-hybridized carbons (Fsp3) is 0.733. The Bertz CT molecular complexity index is 295. The van der Waals surface area contributed by atoms with Crippen molar-refractivity contribution in [1.29, 1.82) is 0 Å². The molecule has 1 rings (SSSR count). The zero-order valence-electron chi connectivity index (χ0n) is 11.9. The van der Waals surface area contributed by atoms with E-state index in [2.05, 4.69) is 22.2 Å². The van der Waals surface area contributed by atoms with E-state index in [4.69, 9.17) is 0 Å². The van der Waals surface area contributed by atoms with Crippen LogP contribution < -0.4 is 5.32 Å². The number of nitrogens with one attached hydrogen (secondary N) is 1. The lowest BCUT2D eigenvalue weighted by Crippen LogP contribution is -2.15. The molecule has 0 bridgehead atoms. The Labute approximate surface area is 111 Å². The van der Waals surface area contributed by atoms with E-state index in [1.807, 2.05) is 19.3 Å². The highest BCUT2D eigenvalue weighted by Gasteiger charge is 1.95. The van der Waals surface area contributed by atoms with Crippen LogP contribution in [0.5, 0.6) is 0 Å². The SMILES string of the molecule is CCCCCCCCCNCc1cnc(C)cn1. The predicted octanol–water partition coefficient (Wildman–Crippen LogP) is 3.63. The molecule has 3 heteroatoms. The Hall–Kier alpha value is -0.960. The zero-order chi connectivity index (χ0) is 13.1. The van der Waals surface area contributed by atoms with E-state index in [0.717, 1.165) is 24.5 Å². The minimum absolute atomic E-state index is 0.836. The van der Waals surface area contributed by atoms with Crippen LogP contribution in [-0.4, -0.2) is 16.5 Å². The van der Waals surface area contributed by atoms with E-state index in [-0.39, 0.29) is 0 Å². The fourth-order valence-corrected chi connectivity index (χ4v) is 1.93. The van der Waals surface area contributed by atoms with E-state index < -0.39 is 0 Å². The maximum Gasteiger partial charge on any atom is 0.0724 e. The number of aromatic nitrogens is 2. The van der Waals surface area contributed by atoms with Crippen molar-refractivity contribution in [3.8, 4) is 0 Å². The molecule has 0 aromatic carbocycles. The summed E-state index contributed by atoms with van der Waals surface area (Å²) in [7, 11) is 0. The summed E-state index contributed by atoms with van der Waals surface area (Å²) < 4.78 is 0. The second kappa shape index (κ2) is 10.0. The summed E-state index contributed by atoms with van der Waals surface area (Å²) in [5, 5.41) is 3.42. The molecule has 3 nitrogen and oxygen atoms in total. The first-order valence-corrected chi connectivity index (χ1v) is 7.31. The molecule has 0 fully saturated rings. The smallest absolute Gasteiger partial charge is 0.0724 e. The highest BCUT2D eigenvalue weighted by atomic mass is 14.9. The van der Waals surface area contributed by atoms with Crippen molar-refractivity contribution in [2.45, 2.75) is 65.3 Å². The van der Waals surface area contributed by atoms with Crippen LogP contribution in [0.25, 0.3) is 0 Å². The van der Waals surface area contributed by atoms with Crippen molar-refractivity contribution in [1.82, 2.24) is 15.3 Å². The summed E-state index contributed by atoms with van der Waals surface area (Å²) in [6, 6.07) is 0. The molecule has 0 saturated heterocycles. The van der Waals surface area contributed by atoms with E-state index >= 15 is 0 Å². The number of hydrogen-bond acceptors (Lipinski definition) is 3. The van der Waals surface area contributed by atoms with Gasteiger partial charge in [0.05, 0.1) is 11.4 Å². The predicted molar refractivity (Wildman–Crippen MR) is 76.5 cm³/mol. The highest BCUT2D eigenvalue weighted by Crippen LogP contribution is 2.06. The van der Waals surface area contributed by atoms with Gasteiger partial charge in [0.2, 0.25) is 0 Å². The molecule has 0 aliphatic rings. The van der Waals surface area contributed by atoms with Crippen LogP contribution in [-0.2, 0) is 6.54 Å². The molecule has 102 valence electrons. The number of nitrogens with zero attached hydrogens (tertiary/aromatic N) is 2. The fourth-order valence-electron chi connectivity index (χ4n) is 1.93. The molecule has 18 heavy (non-hydrogen) atoms. The minimum atomic E-state index is 0.836. The Morgan fingerprint density at radius 1 is 0.944 bits per heavy atom.